The van der Waals surface area contributed by atoms with E-state index >= 15 is 0 Å². The summed E-state index contributed by atoms with van der Waals surface area (Å²) >= 11 is 6.00. The second-order valence-corrected chi connectivity index (χ2v) is 6.53. The molecule has 0 aliphatic rings. The van der Waals surface area contributed by atoms with E-state index in [4.69, 9.17) is 21.4 Å². The molecule has 2 rings (SSSR count). The molecule has 1 aromatic heterocycles. The van der Waals surface area contributed by atoms with Gasteiger partial charge in [0.15, 0.2) is 15.6 Å². The van der Waals surface area contributed by atoms with Crippen molar-refractivity contribution in [2.45, 2.75) is 4.90 Å². The predicted octanol–water partition coefficient (Wildman–Crippen LogP) is 2.11. The Morgan fingerprint density at radius 3 is 2.52 bits per heavy atom. The molecule has 2 aromatic rings. The zero-order valence-corrected chi connectivity index (χ0v) is 12.5. The van der Waals surface area contributed by atoms with Crippen LogP contribution < -0.4 is 4.74 Å². The Kier molecular flexibility index (Phi) is 3.93. The lowest BCUT2D eigenvalue weighted by atomic mass is 10.1. The van der Waals surface area contributed by atoms with Gasteiger partial charge in [-0.1, -0.05) is 16.8 Å². The number of halogens is 1. The molecule has 0 spiro atoms. The average Bonchev–Trinajstić information content (AvgIpc) is 2.86. The Bertz CT molecular complexity index is 811. The number of aromatic nitrogens is 1. The van der Waals surface area contributed by atoms with Gasteiger partial charge in [0, 0.05) is 17.9 Å². The lowest BCUT2D eigenvalue weighted by molar-refractivity contribution is 0.0652. The molecule has 1 N–H and O–H groups in total. The van der Waals surface area contributed by atoms with Crippen molar-refractivity contribution in [2.24, 2.45) is 0 Å². The van der Waals surface area contributed by atoms with Crippen LogP contribution in [0.25, 0.3) is 11.3 Å². The van der Waals surface area contributed by atoms with Gasteiger partial charge in [-0.15, -0.1) is 0 Å². The van der Waals surface area contributed by atoms with Gasteiger partial charge in [-0.05, 0) is 12.1 Å². The summed E-state index contributed by atoms with van der Waals surface area (Å²) in [6, 6.07) is 3.88. The molecule has 0 aliphatic heterocycles. The number of nitrogens with zero attached hydrogens (tertiary/aromatic N) is 1. The molecule has 0 bridgehead atoms. The molecule has 0 atom stereocenters. The summed E-state index contributed by atoms with van der Waals surface area (Å²) in [5.41, 5.74) is 0.458. The maximum atomic E-state index is 11.8. The summed E-state index contributed by atoms with van der Waals surface area (Å²) in [5, 5.41) is 12.4. The van der Waals surface area contributed by atoms with Crippen LogP contribution >= 0.6 is 11.6 Å². The van der Waals surface area contributed by atoms with Crippen LogP contribution in [0, 0.1) is 0 Å². The quantitative estimate of drug-likeness (QED) is 0.914. The van der Waals surface area contributed by atoms with Gasteiger partial charge in [-0.3, -0.25) is 0 Å². The van der Waals surface area contributed by atoms with Crippen LogP contribution in [0.5, 0.6) is 5.75 Å². The van der Waals surface area contributed by atoms with E-state index in [9.17, 15) is 13.2 Å². The van der Waals surface area contributed by atoms with Crippen LogP contribution in [-0.4, -0.2) is 38.0 Å². The number of carboxylic acid groups (broad SMARTS) is 1. The monoisotopic (exact) mass is 331 g/mol. The van der Waals surface area contributed by atoms with Crippen molar-refractivity contribution < 1.29 is 27.6 Å². The van der Waals surface area contributed by atoms with Crippen molar-refractivity contribution in [2.75, 3.05) is 13.4 Å². The van der Waals surface area contributed by atoms with Crippen LogP contribution in [0.4, 0.5) is 0 Å². The molecule has 112 valence electrons. The van der Waals surface area contributed by atoms with E-state index in [2.05, 4.69) is 9.68 Å². The third-order valence-corrected chi connectivity index (χ3v) is 4.01. The van der Waals surface area contributed by atoms with Gasteiger partial charge >= 0.3 is 5.97 Å². The highest BCUT2D eigenvalue weighted by Crippen LogP contribution is 2.36. The summed E-state index contributed by atoms with van der Waals surface area (Å²) in [7, 11) is -2.29. The van der Waals surface area contributed by atoms with Crippen LogP contribution in [0.15, 0.2) is 27.6 Å². The van der Waals surface area contributed by atoms with Crippen LogP contribution in [0.2, 0.25) is 5.02 Å². The van der Waals surface area contributed by atoms with Gasteiger partial charge in [0.25, 0.3) is 0 Å². The summed E-state index contributed by atoms with van der Waals surface area (Å²) in [6.45, 7) is 0. The number of sulfone groups is 1. The number of ether oxygens (including phenoxy) is 1. The zero-order chi connectivity index (χ0) is 15.8. The number of benzene rings is 1. The molecule has 0 unspecified atom stereocenters. The number of carbonyl (C=O) groups is 1. The minimum absolute atomic E-state index is 0.0184. The summed E-state index contributed by atoms with van der Waals surface area (Å²) in [4.78, 5) is 10.6. The smallest absolute Gasteiger partial charge is 0.374 e. The predicted molar refractivity (Wildman–Crippen MR) is 73.6 cm³/mol. The van der Waals surface area contributed by atoms with Gasteiger partial charge in [0.05, 0.1) is 12.1 Å². The van der Waals surface area contributed by atoms with E-state index in [1.807, 2.05) is 0 Å². The number of rotatable bonds is 4. The fourth-order valence-electron chi connectivity index (χ4n) is 1.70. The topological polar surface area (TPSA) is 107 Å². The van der Waals surface area contributed by atoms with E-state index in [1.165, 1.54) is 25.3 Å². The van der Waals surface area contributed by atoms with Gasteiger partial charge < -0.3 is 14.4 Å². The first-order chi connectivity index (χ1) is 9.74. The van der Waals surface area contributed by atoms with Crippen molar-refractivity contribution >= 4 is 27.4 Å². The maximum Gasteiger partial charge on any atom is 0.374 e. The molecule has 0 saturated heterocycles. The molecule has 21 heavy (non-hydrogen) atoms. The molecule has 0 aliphatic carbocycles. The Morgan fingerprint density at radius 1 is 1.38 bits per heavy atom. The van der Waals surface area contributed by atoms with Crippen molar-refractivity contribution in [3.8, 4) is 17.0 Å². The highest BCUT2D eigenvalue weighted by atomic mass is 35.5. The third kappa shape index (κ3) is 3.01. The first-order valence-corrected chi connectivity index (χ1v) is 7.79. The number of aromatic carboxylic acids is 1. The summed E-state index contributed by atoms with van der Waals surface area (Å²) in [5.74, 6) is -1.63. The van der Waals surface area contributed by atoms with Crippen molar-refractivity contribution in [1.82, 2.24) is 5.16 Å². The highest BCUT2D eigenvalue weighted by Gasteiger charge is 2.21. The van der Waals surface area contributed by atoms with Crippen molar-refractivity contribution in [3.63, 3.8) is 0 Å². The third-order valence-electron chi connectivity index (χ3n) is 2.63. The first-order valence-electron chi connectivity index (χ1n) is 5.52. The highest BCUT2D eigenvalue weighted by molar-refractivity contribution is 7.90. The normalized spacial score (nSPS) is 11.4. The van der Waals surface area contributed by atoms with Gasteiger partial charge in [-0.2, -0.15) is 0 Å². The van der Waals surface area contributed by atoms with Gasteiger partial charge in [0.2, 0.25) is 5.76 Å². The second kappa shape index (κ2) is 5.38. The fraction of sp³-hybridized carbons (Fsp3) is 0.167. The first kappa shape index (κ1) is 15.3. The number of hydrogen-bond acceptors (Lipinski definition) is 6. The van der Waals surface area contributed by atoms with Crippen LogP contribution in [0.3, 0.4) is 0 Å². The number of hydrogen-bond donors (Lipinski definition) is 1. The minimum atomic E-state index is -3.59. The largest absolute Gasteiger partial charge is 0.494 e. The molecular formula is C12H10ClNO6S. The van der Waals surface area contributed by atoms with E-state index < -0.39 is 15.8 Å². The number of methoxy groups -OCH3 is 1. The van der Waals surface area contributed by atoms with Crippen molar-refractivity contribution in [1.29, 1.82) is 0 Å². The van der Waals surface area contributed by atoms with E-state index in [-0.39, 0.29) is 27.1 Å². The SMILES string of the molecule is COc1c(Cl)cc(-c2cc(C(=O)O)on2)cc1S(C)(=O)=O. The molecule has 1 aromatic carbocycles. The van der Waals surface area contributed by atoms with Crippen LogP contribution in [-0.2, 0) is 9.84 Å². The lowest BCUT2D eigenvalue weighted by Gasteiger charge is -2.10. The Hall–Kier alpha value is -2.06. The number of carboxylic acids is 1. The van der Waals surface area contributed by atoms with E-state index in [0.717, 1.165) is 6.26 Å². The Balaban J connectivity index is 2.65. The second-order valence-electron chi connectivity index (χ2n) is 4.14. The van der Waals surface area contributed by atoms with Gasteiger partial charge in [0.1, 0.15) is 10.6 Å². The lowest BCUT2D eigenvalue weighted by Crippen LogP contribution is -2.02. The van der Waals surface area contributed by atoms with E-state index in [0.29, 0.717) is 5.56 Å². The zero-order valence-electron chi connectivity index (χ0n) is 11.0. The molecule has 1 heterocycles. The minimum Gasteiger partial charge on any atom is -0.494 e. The molecule has 9 heteroatoms. The fourth-order valence-corrected chi connectivity index (χ4v) is 2.93. The van der Waals surface area contributed by atoms with Crippen LogP contribution in [0.1, 0.15) is 10.6 Å². The molecule has 0 amide bonds. The molecule has 0 saturated carbocycles. The summed E-state index contributed by atoms with van der Waals surface area (Å²) < 4.78 is 33.2. The Morgan fingerprint density at radius 2 is 2.05 bits per heavy atom. The standard InChI is InChI=1S/C12H10ClNO6S/c1-19-11-7(13)3-6(4-10(11)21(2,17)18)8-5-9(12(15)16)20-14-8/h3-5H,1-2H3,(H,15,16). The molecular weight excluding hydrogens is 322 g/mol. The maximum absolute atomic E-state index is 11.8. The van der Waals surface area contributed by atoms with E-state index in [1.54, 1.807) is 0 Å². The molecule has 7 nitrogen and oxygen atoms in total. The summed E-state index contributed by atoms with van der Waals surface area (Å²) in [6.07, 6.45) is 1.01. The van der Waals surface area contributed by atoms with Gasteiger partial charge in [-0.25, -0.2) is 13.2 Å². The van der Waals surface area contributed by atoms with Crippen molar-refractivity contribution in [3.05, 3.63) is 29.0 Å². The average molecular weight is 332 g/mol. The Labute approximate surface area is 125 Å². The molecule has 0 radical (unpaired) electrons. The molecule has 0 fully saturated rings.